The quantitative estimate of drug-likeness (QED) is 0.0774. The summed E-state index contributed by atoms with van der Waals surface area (Å²) in [5, 5.41) is 6.29. The number of aryl methyl sites for hydroxylation is 1. The van der Waals surface area contributed by atoms with Crippen LogP contribution in [0.2, 0.25) is 0 Å². The van der Waals surface area contributed by atoms with Crippen LogP contribution in [-0.2, 0) is 25.2 Å². The number of ether oxygens (including phenoxy) is 1. The van der Waals surface area contributed by atoms with E-state index >= 15 is 0 Å². The molecule has 55 heavy (non-hydrogen) atoms. The molecule has 1 saturated heterocycles. The Kier molecular flexibility index (Phi) is 13.4. The molecule has 3 heterocycles. The number of amides is 1. The third-order valence-corrected chi connectivity index (χ3v) is 10.9. The van der Waals surface area contributed by atoms with Gasteiger partial charge in [0.05, 0.1) is 18.5 Å². The van der Waals surface area contributed by atoms with E-state index < -0.39 is 19.7 Å². The molecule has 1 fully saturated rings. The number of para-hydroxylation sites is 1. The minimum absolute atomic E-state index is 0.130. The first kappa shape index (κ1) is 39.2. The molecule has 6 rings (SSSR count). The van der Waals surface area contributed by atoms with Gasteiger partial charge in [0, 0.05) is 80.4 Å². The molecule has 0 radical (unpaired) electrons. The summed E-state index contributed by atoms with van der Waals surface area (Å²) in [7, 11) is -3.68. The Bertz CT molecular complexity index is 2080. The van der Waals surface area contributed by atoms with Crippen LogP contribution in [0.15, 0.2) is 110 Å². The van der Waals surface area contributed by atoms with E-state index in [-0.39, 0.29) is 18.7 Å². The zero-order valence-corrected chi connectivity index (χ0v) is 32.2. The van der Waals surface area contributed by atoms with Gasteiger partial charge in [0.1, 0.15) is 5.75 Å². The van der Waals surface area contributed by atoms with Crippen molar-refractivity contribution in [2.24, 2.45) is 0 Å². The molecule has 286 valence electrons. The Morgan fingerprint density at radius 1 is 0.909 bits per heavy atom. The Morgan fingerprint density at radius 3 is 2.40 bits per heavy atom. The molecule has 14 heteroatoms. The molecule has 0 bridgehead atoms. The molecule has 5 aromatic rings. The molecular weight excluding hydrogens is 717 g/mol. The number of anilines is 3. The maximum Gasteiger partial charge on any atom is 0.381 e. The summed E-state index contributed by atoms with van der Waals surface area (Å²) < 4.78 is 30.5. The molecular formula is C41H46N7O6P. The van der Waals surface area contributed by atoms with Crippen LogP contribution in [0.25, 0.3) is 11.3 Å². The summed E-state index contributed by atoms with van der Waals surface area (Å²) in [5.74, 6) is 0.0731. The number of carbonyl (C=O) groups excluding carboxylic acids is 2. The van der Waals surface area contributed by atoms with Crippen molar-refractivity contribution in [1.29, 1.82) is 0 Å². The van der Waals surface area contributed by atoms with Crippen LogP contribution in [0, 0.1) is 6.92 Å². The van der Waals surface area contributed by atoms with Gasteiger partial charge in [-0.25, -0.2) is 19.3 Å². The topological polar surface area (TPSA) is 148 Å². The highest BCUT2D eigenvalue weighted by molar-refractivity contribution is 7.54. The van der Waals surface area contributed by atoms with Gasteiger partial charge in [0.2, 0.25) is 5.95 Å². The average molecular weight is 764 g/mol. The third kappa shape index (κ3) is 11.3. The summed E-state index contributed by atoms with van der Waals surface area (Å²) in [4.78, 5) is 43.2. The molecule has 3 aromatic carbocycles. The number of piperazine rings is 1. The standard InChI is InChI=1S/C41H46N7O6P/c1-4-52-40(50)31(3)53-55(51,54-36-10-6-5-7-11-36)26-25-47-21-23-48(24-22-47)29-32-13-15-33(16-14-32)39(49)44-35-17-12-30(2)38(27-35)46-41-43-20-18-37(45-41)34-9-8-19-42-28-34/h5-20,27-28,31H,4,21-26,29H2,1-3H3,(H,44,49)(H,43,45,46). The summed E-state index contributed by atoms with van der Waals surface area (Å²) in [6.45, 7) is 9.82. The van der Waals surface area contributed by atoms with Crippen molar-refractivity contribution in [1.82, 2.24) is 24.8 Å². The number of nitrogens with one attached hydrogen (secondary N) is 2. The average Bonchev–Trinajstić information content (AvgIpc) is 3.20. The highest BCUT2D eigenvalue weighted by atomic mass is 31.2. The molecule has 1 aliphatic rings. The maximum absolute atomic E-state index is 13.8. The van der Waals surface area contributed by atoms with Gasteiger partial charge in [-0.1, -0.05) is 36.4 Å². The predicted octanol–water partition coefficient (Wildman–Crippen LogP) is 7.20. The van der Waals surface area contributed by atoms with Crippen molar-refractivity contribution in [3.05, 3.63) is 126 Å². The molecule has 2 atom stereocenters. The number of hydrogen-bond acceptors (Lipinski definition) is 12. The van der Waals surface area contributed by atoms with Gasteiger partial charge in [-0.05, 0) is 86.5 Å². The zero-order chi connectivity index (χ0) is 38.6. The lowest BCUT2D eigenvalue weighted by atomic mass is 10.1. The number of pyridine rings is 1. The van der Waals surface area contributed by atoms with Crippen LogP contribution in [0.3, 0.4) is 0 Å². The third-order valence-electron chi connectivity index (χ3n) is 9.06. The molecule has 2 aromatic heterocycles. The van der Waals surface area contributed by atoms with E-state index in [4.69, 9.17) is 13.8 Å². The van der Waals surface area contributed by atoms with Crippen LogP contribution in [0.4, 0.5) is 17.3 Å². The van der Waals surface area contributed by atoms with Gasteiger partial charge in [-0.2, -0.15) is 0 Å². The molecule has 1 amide bonds. The van der Waals surface area contributed by atoms with Crippen LogP contribution in [-0.4, -0.2) is 88.2 Å². The first-order chi connectivity index (χ1) is 26.7. The number of hydrogen-bond donors (Lipinski definition) is 2. The second-order valence-electron chi connectivity index (χ2n) is 13.2. The molecule has 0 spiro atoms. The summed E-state index contributed by atoms with van der Waals surface area (Å²) >= 11 is 0. The number of aromatic nitrogens is 3. The lowest BCUT2D eigenvalue weighted by molar-refractivity contribution is -0.150. The largest absolute Gasteiger partial charge is 0.464 e. The van der Waals surface area contributed by atoms with Gasteiger partial charge in [-0.15, -0.1) is 0 Å². The highest BCUT2D eigenvalue weighted by Gasteiger charge is 2.33. The van der Waals surface area contributed by atoms with Gasteiger partial charge >= 0.3 is 13.6 Å². The van der Waals surface area contributed by atoms with Crippen molar-refractivity contribution in [3.63, 3.8) is 0 Å². The minimum Gasteiger partial charge on any atom is -0.464 e. The van der Waals surface area contributed by atoms with Crippen LogP contribution in [0.5, 0.6) is 5.75 Å². The highest BCUT2D eigenvalue weighted by Crippen LogP contribution is 2.49. The van der Waals surface area contributed by atoms with E-state index in [2.05, 4.69) is 35.4 Å². The molecule has 0 aliphatic carbocycles. The first-order valence-corrected chi connectivity index (χ1v) is 20.0. The van der Waals surface area contributed by atoms with Crippen molar-refractivity contribution >= 4 is 36.8 Å². The maximum atomic E-state index is 13.8. The predicted molar refractivity (Wildman–Crippen MR) is 213 cm³/mol. The van der Waals surface area contributed by atoms with E-state index in [0.717, 1.165) is 60.8 Å². The van der Waals surface area contributed by atoms with E-state index in [0.29, 0.717) is 29.5 Å². The Balaban J connectivity index is 0.985. The molecule has 2 unspecified atom stereocenters. The molecule has 13 nitrogen and oxygen atoms in total. The zero-order valence-electron chi connectivity index (χ0n) is 31.3. The number of esters is 1. The van der Waals surface area contributed by atoms with Crippen molar-refractivity contribution in [3.8, 4) is 17.0 Å². The van der Waals surface area contributed by atoms with Crippen LogP contribution >= 0.6 is 7.60 Å². The van der Waals surface area contributed by atoms with Crippen molar-refractivity contribution < 1.29 is 27.9 Å². The fourth-order valence-electron chi connectivity index (χ4n) is 6.01. The fraction of sp³-hybridized carbons (Fsp3) is 0.293. The monoisotopic (exact) mass is 763 g/mol. The van der Waals surface area contributed by atoms with Crippen molar-refractivity contribution in [2.75, 3.05) is 56.1 Å². The number of rotatable bonds is 16. The normalized spacial score (nSPS) is 15.0. The van der Waals surface area contributed by atoms with E-state index in [1.54, 1.807) is 49.8 Å². The first-order valence-electron chi connectivity index (χ1n) is 18.3. The van der Waals surface area contributed by atoms with Gasteiger partial charge in [0.25, 0.3) is 5.91 Å². The van der Waals surface area contributed by atoms with E-state index in [1.165, 1.54) is 6.92 Å². The minimum atomic E-state index is -3.68. The number of carbonyl (C=O) groups is 2. The Hall–Kier alpha value is -5.46. The van der Waals surface area contributed by atoms with Gasteiger partial charge in [-0.3, -0.25) is 19.2 Å². The SMILES string of the molecule is CCOC(=O)C(C)OP(=O)(CCN1CCN(Cc2ccc(C(=O)Nc3ccc(C)c(Nc4nccc(-c5cccnc5)n4)c3)cc2)CC1)Oc1ccccc1. The lowest BCUT2D eigenvalue weighted by Gasteiger charge is -2.35. The second-order valence-corrected chi connectivity index (χ2v) is 15.2. The van der Waals surface area contributed by atoms with E-state index in [9.17, 15) is 14.2 Å². The lowest BCUT2D eigenvalue weighted by Crippen LogP contribution is -2.46. The van der Waals surface area contributed by atoms with Crippen LogP contribution in [0.1, 0.15) is 35.3 Å². The molecule has 0 saturated carbocycles. The summed E-state index contributed by atoms with van der Waals surface area (Å²) in [6.07, 6.45) is 4.28. The summed E-state index contributed by atoms with van der Waals surface area (Å²) in [6, 6.07) is 27.8. The van der Waals surface area contributed by atoms with Crippen molar-refractivity contribution in [2.45, 2.75) is 33.4 Å². The van der Waals surface area contributed by atoms with Crippen LogP contribution < -0.4 is 15.2 Å². The number of benzene rings is 3. The summed E-state index contributed by atoms with van der Waals surface area (Å²) in [5.41, 5.74) is 5.70. The van der Waals surface area contributed by atoms with Gasteiger partial charge < -0.3 is 24.8 Å². The van der Waals surface area contributed by atoms with Gasteiger partial charge in [0.15, 0.2) is 6.10 Å². The molecule has 1 aliphatic heterocycles. The smallest absolute Gasteiger partial charge is 0.381 e. The fourth-order valence-corrected chi connectivity index (χ4v) is 7.79. The Labute approximate surface area is 321 Å². The number of nitrogens with zero attached hydrogens (tertiary/aromatic N) is 5. The van der Waals surface area contributed by atoms with E-state index in [1.807, 2.05) is 73.7 Å². The Morgan fingerprint density at radius 2 is 1.67 bits per heavy atom. The second kappa shape index (κ2) is 18.7. The molecule has 2 N–H and O–H groups in total.